The van der Waals surface area contributed by atoms with Gasteiger partial charge in [0.1, 0.15) is 0 Å². The Kier molecular flexibility index (Phi) is 5.57. The maximum Gasteiger partial charge on any atom is 0.256 e. The number of hydrogen-bond donors (Lipinski definition) is 3. The van der Waals surface area contributed by atoms with Crippen LogP contribution in [0.3, 0.4) is 0 Å². The average Bonchev–Trinajstić information content (AvgIpc) is 2.79. The van der Waals surface area contributed by atoms with E-state index >= 15 is 0 Å². The van der Waals surface area contributed by atoms with Crippen LogP contribution >= 0.6 is 0 Å². The molecule has 1 atom stereocenters. The van der Waals surface area contributed by atoms with Crippen LogP contribution < -0.4 is 16.2 Å². The molecule has 2 aromatic heterocycles. The SMILES string of the molecule is C[C@H](NC(=O)c1cccc(NC(=O)c2cc(=O)[nH]c3ccccc23)c1)c1ccccn1. The van der Waals surface area contributed by atoms with Gasteiger partial charge in [-0.25, -0.2) is 0 Å². The van der Waals surface area contributed by atoms with E-state index in [-0.39, 0.29) is 23.1 Å². The number of H-pyrrole nitrogens is 1. The Morgan fingerprint density at radius 3 is 2.55 bits per heavy atom. The van der Waals surface area contributed by atoms with Crippen molar-refractivity contribution in [3.05, 3.63) is 106 Å². The number of fused-ring (bicyclic) bond motifs is 1. The smallest absolute Gasteiger partial charge is 0.256 e. The van der Waals surface area contributed by atoms with Gasteiger partial charge in [0.25, 0.3) is 11.8 Å². The van der Waals surface area contributed by atoms with Crippen molar-refractivity contribution >= 4 is 28.4 Å². The summed E-state index contributed by atoms with van der Waals surface area (Å²) in [7, 11) is 0. The highest BCUT2D eigenvalue weighted by Crippen LogP contribution is 2.18. The number of carbonyl (C=O) groups excluding carboxylic acids is 2. The van der Waals surface area contributed by atoms with Gasteiger partial charge >= 0.3 is 0 Å². The molecule has 2 heterocycles. The number of pyridine rings is 2. The van der Waals surface area contributed by atoms with E-state index in [1.807, 2.05) is 25.1 Å². The van der Waals surface area contributed by atoms with Crippen LogP contribution in [0.2, 0.25) is 0 Å². The Hall–Kier alpha value is -4.26. The lowest BCUT2D eigenvalue weighted by molar-refractivity contribution is 0.0938. The number of anilines is 1. The summed E-state index contributed by atoms with van der Waals surface area (Å²) < 4.78 is 0. The van der Waals surface area contributed by atoms with E-state index < -0.39 is 5.91 Å². The van der Waals surface area contributed by atoms with Gasteiger partial charge in [0.2, 0.25) is 5.56 Å². The highest BCUT2D eigenvalue weighted by molar-refractivity contribution is 6.12. The van der Waals surface area contributed by atoms with Gasteiger partial charge < -0.3 is 15.6 Å². The molecule has 0 aliphatic heterocycles. The first-order valence-corrected chi connectivity index (χ1v) is 9.76. The molecular formula is C24H20N4O3. The van der Waals surface area contributed by atoms with E-state index in [1.165, 1.54) is 6.07 Å². The van der Waals surface area contributed by atoms with Gasteiger partial charge in [-0.1, -0.05) is 30.3 Å². The Morgan fingerprint density at radius 2 is 1.74 bits per heavy atom. The second kappa shape index (κ2) is 8.62. The van der Waals surface area contributed by atoms with Crippen LogP contribution in [0.1, 0.15) is 39.4 Å². The maximum atomic E-state index is 12.9. The molecule has 4 aromatic rings. The van der Waals surface area contributed by atoms with Gasteiger partial charge in [-0.3, -0.25) is 19.4 Å². The number of nitrogens with zero attached hydrogens (tertiary/aromatic N) is 1. The van der Waals surface area contributed by atoms with Gasteiger partial charge in [-0.05, 0) is 43.3 Å². The first kappa shape index (κ1) is 20.0. The molecule has 31 heavy (non-hydrogen) atoms. The van der Waals surface area contributed by atoms with Gasteiger partial charge in [0, 0.05) is 34.4 Å². The van der Waals surface area contributed by atoms with Crippen molar-refractivity contribution in [3.8, 4) is 0 Å². The number of benzene rings is 2. The molecule has 0 aliphatic rings. The Labute approximate surface area is 178 Å². The molecule has 0 spiro atoms. The molecule has 0 saturated heterocycles. The lowest BCUT2D eigenvalue weighted by atomic mass is 10.1. The molecular weight excluding hydrogens is 392 g/mol. The zero-order valence-corrected chi connectivity index (χ0v) is 16.8. The van der Waals surface area contributed by atoms with E-state index in [4.69, 9.17) is 0 Å². The summed E-state index contributed by atoms with van der Waals surface area (Å²) in [4.78, 5) is 44.4. The zero-order chi connectivity index (χ0) is 21.8. The summed E-state index contributed by atoms with van der Waals surface area (Å²) in [6, 6.07) is 20.2. The Balaban J connectivity index is 1.53. The summed E-state index contributed by atoms with van der Waals surface area (Å²) in [6.07, 6.45) is 1.67. The van der Waals surface area contributed by atoms with Gasteiger partial charge in [0.15, 0.2) is 0 Å². The number of amides is 2. The van der Waals surface area contributed by atoms with E-state index in [0.717, 1.165) is 5.69 Å². The van der Waals surface area contributed by atoms with Crippen molar-refractivity contribution in [2.75, 3.05) is 5.32 Å². The molecule has 7 nitrogen and oxygen atoms in total. The van der Waals surface area contributed by atoms with Crippen LogP contribution in [0.25, 0.3) is 10.9 Å². The van der Waals surface area contributed by atoms with Gasteiger partial charge in [0.05, 0.1) is 17.3 Å². The van der Waals surface area contributed by atoms with Crippen molar-refractivity contribution in [1.29, 1.82) is 0 Å². The number of nitrogens with one attached hydrogen (secondary N) is 3. The van der Waals surface area contributed by atoms with Crippen LogP contribution in [-0.4, -0.2) is 21.8 Å². The Morgan fingerprint density at radius 1 is 0.935 bits per heavy atom. The quantitative estimate of drug-likeness (QED) is 0.465. The van der Waals surface area contributed by atoms with Crippen molar-refractivity contribution < 1.29 is 9.59 Å². The number of hydrogen-bond acceptors (Lipinski definition) is 4. The summed E-state index contributed by atoms with van der Waals surface area (Å²) >= 11 is 0. The van der Waals surface area contributed by atoms with Crippen LogP contribution in [0, 0.1) is 0 Å². The monoisotopic (exact) mass is 412 g/mol. The third-order valence-corrected chi connectivity index (χ3v) is 4.86. The van der Waals surface area contributed by atoms with Crippen molar-refractivity contribution in [2.24, 2.45) is 0 Å². The minimum atomic E-state index is -0.429. The molecule has 7 heteroatoms. The average molecular weight is 412 g/mol. The lowest BCUT2D eigenvalue weighted by Crippen LogP contribution is -2.27. The normalized spacial score (nSPS) is 11.6. The number of rotatable bonds is 5. The van der Waals surface area contributed by atoms with E-state index in [9.17, 15) is 14.4 Å². The van der Waals surface area contributed by atoms with Crippen molar-refractivity contribution in [1.82, 2.24) is 15.3 Å². The molecule has 154 valence electrons. The second-order valence-electron chi connectivity index (χ2n) is 7.08. The molecule has 3 N–H and O–H groups in total. The van der Waals surface area contributed by atoms with Crippen LogP contribution in [-0.2, 0) is 0 Å². The summed E-state index contributed by atoms with van der Waals surface area (Å²) in [5.41, 5.74) is 2.08. The third kappa shape index (κ3) is 4.51. The summed E-state index contributed by atoms with van der Waals surface area (Å²) in [5, 5.41) is 6.31. The molecule has 0 unspecified atom stereocenters. The third-order valence-electron chi connectivity index (χ3n) is 4.86. The van der Waals surface area contributed by atoms with Crippen LogP contribution in [0.5, 0.6) is 0 Å². The minimum absolute atomic E-state index is 0.262. The fourth-order valence-electron chi connectivity index (χ4n) is 3.32. The largest absolute Gasteiger partial charge is 0.344 e. The van der Waals surface area contributed by atoms with E-state index in [2.05, 4.69) is 20.6 Å². The topological polar surface area (TPSA) is 104 Å². The molecule has 0 bridgehead atoms. The zero-order valence-electron chi connectivity index (χ0n) is 16.8. The molecule has 0 fully saturated rings. The highest BCUT2D eigenvalue weighted by Gasteiger charge is 2.15. The fourth-order valence-corrected chi connectivity index (χ4v) is 3.32. The molecule has 0 saturated carbocycles. The van der Waals surface area contributed by atoms with Gasteiger partial charge in [-0.15, -0.1) is 0 Å². The first-order valence-electron chi connectivity index (χ1n) is 9.76. The predicted octanol–water partition coefficient (Wildman–Crippen LogP) is 3.67. The number of carbonyl (C=O) groups is 2. The number of aromatic amines is 1. The van der Waals surface area contributed by atoms with Gasteiger partial charge in [-0.2, -0.15) is 0 Å². The lowest BCUT2D eigenvalue weighted by Gasteiger charge is -2.14. The van der Waals surface area contributed by atoms with Crippen molar-refractivity contribution in [2.45, 2.75) is 13.0 Å². The molecule has 0 aliphatic carbocycles. The predicted molar refractivity (Wildman–Crippen MR) is 119 cm³/mol. The summed E-state index contributed by atoms with van der Waals surface area (Å²) in [5.74, 6) is -0.711. The fraction of sp³-hybridized carbons (Fsp3) is 0.0833. The minimum Gasteiger partial charge on any atom is -0.344 e. The number of para-hydroxylation sites is 1. The molecule has 0 radical (unpaired) electrons. The van der Waals surface area contributed by atoms with E-state index in [1.54, 1.807) is 54.7 Å². The maximum absolute atomic E-state index is 12.9. The second-order valence-corrected chi connectivity index (χ2v) is 7.08. The molecule has 2 aromatic carbocycles. The van der Waals surface area contributed by atoms with Crippen LogP contribution in [0.4, 0.5) is 5.69 Å². The highest BCUT2D eigenvalue weighted by atomic mass is 16.2. The Bertz CT molecular complexity index is 1320. The number of aromatic nitrogens is 2. The van der Waals surface area contributed by atoms with Crippen molar-refractivity contribution in [3.63, 3.8) is 0 Å². The standard InChI is InChI=1S/C24H20N4O3/c1-15(20-10-4-5-12-25-20)26-23(30)16-7-6-8-17(13-16)27-24(31)19-14-22(29)28-21-11-3-2-9-18(19)21/h2-15H,1H3,(H,26,30)(H,27,31)(H,28,29)/t15-/m0/s1. The summed E-state index contributed by atoms with van der Waals surface area (Å²) in [6.45, 7) is 1.85. The molecule has 4 rings (SSSR count). The first-order chi connectivity index (χ1) is 15.0. The van der Waals surface area contributed by atoms with Crippen LogP contribution in [0.15, 0.2) is 83.8 Å². The van der Waals surface area contributed by atoms with E-state index in [0.29, 0.717) is 22.2 Å². The molecule has 2 amide bonds.